The Morgan fingerprint density at radius 3 is 2.56 bits per heavy atom. The second-order valence-corrected chi connectivity index (χ2v) is 11.0. The van der Waals surface area contributed by atoms with Gasteiger partial charge in [0.1, 0.15) is 5.78 Å². The van der Waals surface area contributed by atoms with Gasteiger partial charge in [0.05, 0.1) is 6.10 Å². The summed E-state index contributed by atoms with van der Waals surface area (Å²) in [6.45, 7) is 6.46. The van der Waals surface area contributed by atoms with Gasteiger partial charge in [-0.3, -0.25) is 9.35 Å². The predicted molar refractivity (Wildman–Crippen MR) is 102 cm³/mol. The molecule has 152 valence electrons. The van der Waals surface area contributed by atoms with Crippen molar-refractivity contribution in [3.05, 3.63) is 11.6 Å². The number of fused-ring (bicyclic) bond motifs is 5. The molecular weight excluding hydrogens is 364 g/mol. The Labute approximate surface area is 162 Å². The molecule has 4 aliphatic carbocycles. The lowest BCUT2D eigenvalue weighted by molar-refractivity contribution is -0.127. The van der Waals surface area contributed by atoms with Gasteiger partial charge in [0.25, 0.3) is 0 Å². The fraction of sp³-hybridized carbons (Fsp3) is 0.857. The van der Waals surface area contributed by atoms with Gasteiger partial charge >= 0.3 is 10.4 Å². The van der Waals surface area contributed by atoms with E-state index in [-0.39, 0.29) is 16.7 Å². The van der Waals surface area contributed by atoms with E-state index in [2.05, 4.69) is 19.9 Å². The topological polar surface area (TPSA) is 80.7 Å². The molecule has 4 rings (SSSR count). The van der Waals surface area contributed by atoms with Crippen LogP contribution in [0.25, 0.3) is 0 Å². The highest BCUT2D eigenvalue weighted by Gasteiger charge is 2.59. The fourth-order valence-corrected chi connectivity index (χ4v) is 8.06. The van der Waals surface area contributed by atoms with Crippen LogP contribution in [0.5, 0.6) is 0 Å². The van der Waals surface area contributed by atoms with Crippen molar-refractivity contribution in [1.29, 1.82) is 0 Å². The Hall–Kier alpha value is -0.720. The number of rotatable bonds is 3. The van der Waals surface area contributed by atoms with Gasteiger partial charge in [-0.15, -0.1) is 0 Å². The molecule has 0 bridgehead atoms. The molecule has 3 fully saturated rings. The number of Topliss-reactive ketones (excluding diaryl/α,β-unsaturated/α-hetero) is 1. The number of carbonyl (C=O) groups is 1. The predicted octanol–water partition coefficient (Wildman–Crippen LogP) is 4.34. The minimum atomic E-state index is -4.40. The van der Waals surface area contributed by atoms with Gasteiger partial charge in [0.2, 0.25) is 0 Å². The molecule has 0 heterocycles. The van der Waals surface area contributed by atoms with Crippen molar-refractivity contribution < 1.29 is 21.9 Å². The second kappa shape index (κ2) is 6.39. The van der Waals surface area contributed by atoms with E-state index in [0.29, 0.717) is 36.4 Å². The molecule has 0 aromatic heterocycles. The van der Waals surface area contributed by atoms with Crippen molar-refractivity contribution in [3.63, 3.8) is 0 Å². The maximum atomic E-state index is 12.2. The number of hydrogen-bond acceptors (Lipinski definition) is 4. The van der Waals surface area contributed by atoms with Crippen LogP contribution in [0.2, 0.25) is 0 Å². The van der Waals surface area contributed by atoms with Crippen LogP contribution >= 0.6 is 0 Å². The highest BCUT2D eigenvalue weighted by molar-refractivity contribution is 7.80. The molecule has 0 unspecified atom stereocenters. The van der Waals surface area contributed by atoms with Crippen molar-refractivity contribution in [1.82, 2.24) is 0 Å². The Kier molecular flexibility index (Phi) is 4.64. The Morgan fingerprint density at radius 2 is 1.89 bits per heavy atom. The van der Waals surface area contributed by atoms with Gasteiger partial charge in [-0.1, -0.05) is 25.5 Å². The lowest BCUT2D eigenvalue weighted by Gasteiger charge is -2.58. The van der Waals surface area contributed by atoms with Gasteiger partial charge in [-0.25, -0.2) is 4.18 Å². The number of ketones is 1. The number of hydrogen-bond donors (Lipinski definition) is 1. The van der Waals surface area contributed by atoms with E-state index in [1.54, 1.807) is 6.92 Å². The summed E-state index contributed by atoms with van der Waals surface area (Å²) in [5.74, 6) is 2.43. The average Bonchev–Trinajstić information content (AvgIpc) is 2.91. The zero-order valence-corrected chi connectivity index (χ0v) is 17.4. The molecule has 5 nitrogen and oxygen atoms in total. The monoisotopic (exact) mass is 396 g/mol. The molecule has 0 aliphatic heterocycles. The maximum absolute atomic E-state index is 12.2. The maximum Gasteiger partial charge on any atom is 0.397 e. The fourth-order valence-electron chi connectivity index (χ4n) is 7.55. The lowest BCUT2D eigenvalue weighted by Crippen LogP contribution is -2.51. The van der Waals surface area contributed by atoms with Crippen LogP contribution in [0.4, 0.5) is 0 Å². The van der Waals surface area contributed by atoms with Crippen LogP contribution in [0.15, 0.2) is 11.6 Å². The van der Waals surface area contributed by atoms with Crippen molar-refractivity contribution in [2.24, 2.45) is 34.5 Å². The number of carbonyl (C=O) groups excluding carboxylic acids is 1. The summed E-state index contributed by atoms with van der Waals surface area (Å²) in [6, 6.07) is 0. The van der Waals surface area contributed by atoms with Crippen LogP contribution in [-0.4, -0.2) is 24.9 Å². The zero-order chi connectivity index (χ0) is 19.6. The van der Waals surface area contributed by atoms with E-state index >= 15 is 0 Å². The van der Waals surface area contributed by atoms with Crippen molar-refractivity contribution in [2.75, 3.05) is 0 Å². The summed E-state index contributed by atoms with van der Waals surface area (Å²) < 4.78 is 36.1. The first-order chi connectivity index (χ1) is 12.5. The molecule has 1 N–H and O–H groups in total. The minimum absolute atomic E-state index is 0.0949. The zero-order valence-electron chi connectivity index (χ0n) is 16.6. The quantitative estimate of drug-likeness (QED) is 0.567. The molecule has 0 aromatic rings. The van der Waals surface area contributed by atoms with Crippen molar-refractivity contribution in [2.45, 2.75) is 78.2 Å². The van der Waals surface area contributed by atoms with E-state index in [9.17, 15) is 13.2 Å². The first-order valence-electron chi connectivity index (χ1n) is 10.4. The van der Waals surface area contributed by atoms with Crippen LogP contribution < -0.4 is 0 Å². The summed E-state index contributed by atoms with van der Waals surface area (Å²) in [4.78, 5) is 12.2. The van der Waals surface area contributed by atoms with Crippen LogP contribution in [0.3, 0.4) is 0 Å². The van der Waals surface area contributed by atoms with E-state index in [1.165, 1.54) is 5.57 Å². The molecule has 7 atom stereocenters. The van der Waals surface area contributed by atoms with Crippen LogP contribution in [0, 0.1) is 34.5 Å². The molecule has 4 aliphatic rings. The lowest BCUT2D eigenvalue weighted by atomic mass is 9.47. The minimum Gasteiger partial charge on any atom is -0.300 e. The van der Waals surface area contributed by atoms with Gasteiger partial charge < -0.3 is 0 Å². The van der Waals surface area contributed by atoms with E-state index in [0.717, 1.165) is 38.5 Å². The summed E-state index contributed by atoms with van der Waals surface area (Å²) in [5, 5.41) is 0. The Morgan fingerprint density at radius 1 is 1.15 bits per heavy atom. The molecule has 0 aromatic carbocycles. The molecule has 3 saturated carbocycles. The van der Waals surface area contributed by atoms with Gasteiger partial charge in [-0.2, -0.15) is 8.42 Å². The highest BCUT2D eigenvalue weighted by Crippen LogP contribution is 2.66. The molecule has 0 radical (unpaired) electrons. The standard InChI is InChI=1S/C21H32O5S/c1-13(22)17-6-7-18-16-5-4-14-12-15(26-27(23,24)25)8-10-20(14,2)19(16)9-11-21(17,18)3/h4,15-19H,5-12H2,1-3H3,(H,23,24,25)/t15-,16+,17+,18-,19+,20-,21+/m1/s1. The Balaban J connectivity index is 1.58. The SMILES string of the molecule is CC(=O)[C@@H]1CC[C@@H]2[C@@H]3CC=C4C[C@H](OS(=O)(=O)O)CC[C@@]4(C)[C@H]3CC[C@]21C. The third-order valence-electron chi connectivity index (χ3n) is 8.81. The average molecular weight is 397 g/mol. The molecule has 6 heteroatoms. The van der Waals surface area contributed by atoms with Gasteiger partial charge in [0.15, 0.2) is 0 Å². The van der Waals surface area contributed by atoms with Crippen LogP contribution in [0.1, 0.15) is 72.1 Å². The molecule has 0 spiro atoms. The molecule has 27 heavy (non-hydrogen) atoms. The smallest absolute Gasteiger partial charge is 0.300 e. The van der Waals surface area contributed by atoms with Crippen molar-refractivity contribution in [3.8, 4) is 0 Å². The van der Waals surface area contributed by atoms with Gasteiger partial charge in [0, 0.05) is 5.92 Å². The normalized spacial score (nSPS) is 46.8. The summed E-state index contributed by atoms with van der Waals surface area (Å²) in [7, 11) is -4.40. The van der Waals surface area contributed by atoms with Gasteiger partial charge in [-0.05, 0) is 86.9 Å². The highest BCUT2D eigenvalue weighted by atomic mass is 32.3. The first kappa shape index (κ1) is 19.6. The van der Waals surface area contributed by atoms with E-state index in [4.69, 9.17) is 8.74 Å². The van der Waals surface area contributed by atoms with Crippen LogP contribution in [-0.2, 0) is 19.4 Å². The molecule has 0 amide bonds. The Bertz CT molecular complexity index is 771. The van der Waals surface area contributed by atoms with E-state index in [1.807, 2.05) is 0 Å². The molecule has 0 saturated heterocycles. The number of allylic oxidation sites excluding steroid dienone is 1. The summed E-state index contributed by atoms with van der Waals surface area (Å²) >= 11 is 0. The third-order valence-corrected chi connectivity index (χ3v) is 9.32. The summed E-state index contributed by atoms with van der Waals surface area (Å²) in [6.07, 6.45) is 9.54. The largest absolute Gasteiger partial charge is 0.397 e. The first-order valence-corrected chi connectivity index (χ1v) is 11.8. The summed E-state index contributed by atoms with van der Waals surface area (Å²) in [5.41, 5.74) is 1.56. The van der Waals surface area contributed by atoms with E-state index < -0.39 is 16.5 Å². The van der Waals surface area contributed by atoms with Crippen molar-refractivity contribution >= 4 is 16.2 Å². The third kappa shape index (κ3) is 3.12. The second-order valence-electron chi connectivity index (χ2n) is 9.93. The molecular formula is C21H32O5S.